The zero-order valence-electron chi connectivity index (χ0n) is 10.1. The molecule has 3 rings (SSSR count). The highest BCUT2D eigenvalue weighted by atomic mass is 19.4. The number of hydrogen-bond acceptors (Lipinski definition) is 4. The van der Waals surface area contributed by atoms with E-state index >= 15 is 0 Å². The van der Waals surface area contributed by atoms with Gasteiger partial charge in [-0.3, -0.25) is 0 Å². The maximum atomic E-state index is 12.6. The standard InChI is InChI=1S/C12H14F3N3O/c13-12(14,15)11-16-2-1-10(17-11)18-5-7-3-9(19)4-8(7)6-18/h1-2,7-9,19H,3-6H2/t7-,8+,9?. The Hall–Kier alpha value is -1.37. The van der Waals surface area contributed by atoms with Crippen LogP contribution in [0.1, 0.15) is 18.7 Å². The number of hydrogen-bond donors (Lipinski definition) is 1. The van der Waals surface area contributed by atoms with Crippen LogP contribution in [0.3, 0.4) is 0 Å². The Morgan fingerprint density at radius 3 is 2.42 bits per heavy atom. The van der Waals surface area contributed by atoms with Crippen molar-refractivity contribution in [1.29, 1.82) is 0 Å². The maximum Gasteiger partial charge on any atom is 0.451 e. The van der Waals surface area contributed by atoms with Crippen LogP contribution < -0.4 is 4.90 Å². The molecular weight excluding hydrogens is 259 g/mol. The third-order valence-electron chi connectivity index (χ3n) is 3.94. The van der Waals surface area contributed by atoms with Gasteiger partial charge in [-0.25, -0.2) is 9.97 Å². The molecule has 7 heteroatoms. The van der Waals surface area contributed by atoms with E-state index in [1.165, 1.54) is 6.07 Å². The van der Waals surface area contributed by atoms with Gasteiger partial charge in [0.05, 0.1) is 6.10 Å². The summed E-state index contributed by atoms with van der Waals surface area (Å²) >= 11 is 0. The quantitative estimate of drug-likeness (QED) is 0.846. The molecule has 104 valence electrons. The van der Waals surface area contributed by atoms with Gasteiger partial charge in [-0.15, -0.1) is 0 Å². The first-order valence-corrected chi connectivity index (χ1v) is 6.27. The largest absolute Gasteiger partial charge is 0.451 e. The van der Waals surface area contributed by atoms with E-state index in [0.29, 0.717) is 30.7 Å². The summed E-state index contributed by atoms with van der Waals surface area (Å²) in [5.74, 6) is -0.0492. The molecule has 0 spiro atoms. The van der Waals surface area contributed by atoms with Crippen molar-refractivity contribution in [3.8, 4) is 0 Å². The second kappa shape index (κ2) is 4.33. The minimum atomic E-state index is -4.51. The van der Waals surface area contributed by atoms with Gasteiger partial charge in [-0.2, -0.15) is 13.2 Å². The van der Waals surface area contributed by atoms with Crippen molar-refractivity contribution in [1.82, 2.24) is 9.97 Å². The van der Waals surface area contributed by atoms with Gasteiger partial charge >= 0.3 is 6.18 Å². The van der Waals surface area contributed by atoms with Crippen LogP contribution in [0.5, 0.6) is 0 Å². The van der Waals surface area contributed by atoms with E-state index in [2.05, 4.69) is 9.97 Å². The fourth-order valence-corrected chi connectivity index (χ4v) is 3.12. The van der Waals surface area contributed by atoms with Gasteiger partial charge in [0, 0.05) is 19.3 Å². The van der Waals surface area contributed by atoms with Crippen LogP contribution in [0.25, 0.3) is 0 Å². The maximum absolute atomic E-state index is 12.6. The lowest BCUT2D eigenvalue weighted by molar-refractivity contribution is -0.144. The van der Waals surface area contributed by atoms with Gasteiger partial charge in [0.15, 0.2) is 0 Å². The average Bonchev–Trinajstić information content (AvgIpc) is 2.85. The molecule has 3 atom stereocenters. The average molecular weight is 273 g/mol. The molecule has 1 unspecified atom stereocenters. The van der Waals surface area contributed by atoms with Gasteiger partial charge < -0.3 is 10.0 Å². The number of anilines is 1. The first-order valence-electron chi connectivity index (χ1n) is 6.27. The molecule has 0 amide bonds. The fourth-order valence-electron chi connectivity index (χ4n) is 3.12. The predicted octanol–water partition coefficient (Wildman–Crippen LogP) is 1.70. The van der Waals surface area contributed by atoms with Crippen molar-refractivity contribution in [2.45, 2.75) is 25.1 Å². The lowest BCUT2D eigenvalue weighted by Crippen LogP contribution is -2.24. The Bertz CT molecular complexity index is 466. The Morgan fingerprint density at radius 1 is 1.21 bits per heavy atom. The van der Waals surface area contributed by atoms with Crippen LogP contribution in [0, 0.1) is 11.8 Å². The summed E-state index contributed by atoms with van der Waals surface area (Å²) in [6.07, 6.45) is -2.15. The molecule has 2 fully saturated rings. The van der Waals surface area contributed by atoms with E-state index in [0.717, 1.165) is 19.0 Å². The van der Waals surface area contributed by atoms with Gasteiger partial charge in [0.1, 0.15) is 5.82 Å². The van der Waals surface area contributed by atoms with Crippen LogP contribution in [0.2, 0.25) is 0 Å². The van der Waals surface area contributed by atoms with Crippen LogP contribution in [-0.4, -0.2) is 34.3 Å². The first-order chi connectivity index (χ1) is 8.93. The zero-order valence-corrected chi connectivity index (χ0v) is 10.1. The summed E-state index contributed by atoms with van der Waals surface area (Å²) < 4.78 is 37.7. The molecule has 0 aromatic carbocycles. The third-order valence-corrected chi connectivity index (χ3v) is 3.94. The number of nitrogens with zero attached hydrogens (tertiary/aromatic N) is 3. The number of alkyl halides is 3. The van der Waals surface area contributed by atoms with E-state index in [4.69, 9.17) is 0 Å². The molecule has 4 nitrogen and oxygen atoms in total. The summed E-state index contributed by atoms with van der Waals surface area (Å²) in [4.78, 5) is 8.72. The van der Waals surface area contributed by atoms with Crippen LogP contribution in [0.4, 0.5) is 19.0 Å². The second-order valence-electron chi connectivity index (χ2n) is 5.29. The smallest absolute Gasteiger partial charge is 0.393 e. The molecule has 2 heterocycles. The molecule has 19 heavy (non-hydrogen) atoms. The summed E-state index contributed by atoms with van der Waals surface area (Å²) in [7, 11) is 0. The van der Waals surface area contributed by atoms with Crippen molar-refractivity contribution >= 4 is 5.82 Å². The lowest BCUT2D eigenvalue weighted by Gasteiger charge is -2.19. The molecule has 1 saturated carbocycles. The number of rotatable bonds is 1. The van der Waals surface area contributed by atoms with Crippen molar-refractivity contribution < 1.29 is 18.3 Å². The van der Waals surface area contributed by atoms with Crippen LogP contribution in [0.15, 0.2) is 12.3 Å². The van der Waals surface area contributed by atoms with Crippen molar-refractivity contribution in [2.75, 3.05) is 18.0 Å². The third kappa shape index (κ3) is 2.39. The molecular formula is C12H14F3N3O. The molecule has 2 aliphatic rings. The van der Waals surface area contributed by atoms with E-state index in [1.54, 1.807) is 0 Å². The van der Waals surface area contributed by atoms with Gasteiger partial charge in [-0.1, -0.05) is 0 Å². The molecule has 1 aromatic rings. The van der Waals surface area contributed by atoms with E-state index < -0.39 is 12.0 Å². The Kier molecular flexibility index (Phi) is 2.88. The molecule has 1 aromatic heterocycles. The molecule has 1 saturated heterocycles. The minimum Gasteiger partial charge on any atom is -0.393 e. The summed E-state index contributed by atoms with van der Waals surface area (Å²) in [5, 5.41) is 9.55. The summed E-state index contributed by atoms with van der Waals surface area (Å²) in [6, 6.07) is 1.51. The van der Waals surface area contributed by atoms with Gasteiger partial charge in [-0.05, 0) is 30.7 Å². The predicted molar refractivity (Wildman–Crippen MR) is 61.5 cm³/mol. The number of aliphatic hydroxyl groups is 1. The van der Waals surface area contributed by atoms with Crippen molar-refractivity contribution in [2.24, 2.45) is 11.8 Å². The Balaban J connectivity index is 1.78. The van der Waals surface area contributed by atoms with Gasteiger partial charge in [0.25, 0.3) is 0 Å². The van der Waals surface area contributed by atoms with Crippen LogP contribution in [-0.2, 0) is 6.18 Å². The van der Waals surface area contributed by atoms with Crippen LogP contribution >= 0.6 is 0 Å². The minimum absolute atomic E-state index is 0.256. The Morgan fingerprint density at radius 2 is 1.84 bits per heavy atom. The molecule has 0 bridgehead atoms. The first kappa shape index (κ1) is 12.7. The second-order valence-corrected chi connectivity index (χ2v) is 5.29. The van der Waals surface area contributed by atoms with Crippen molar-refractivity contribution in [3.63, 3.8) is 0 Å². The van der Waals surface area contributed by atoms with Crippen molar-refractivity contribution in [3.05, 3.63) is 18.1 Å². The summed E-state index contributed by atoms with van der Waals surface area (Å²) in [6.45, 7) is 1.33. The molecule has 1 N–H and O–H groups in total. The van der Waals surface area contributed by atoms with E-state index in [9.17, 15) is 18.3 Å². The topological polar surface area (TPSA) is 49.2 Å². The van der Waals surface area contributed by atoms with E-state index in [1.807, 2.05) is 4.90 Å². The number of fused-ring (bicyclic) bond motifs is 1. The number of aliphatic hydroxyl groups excluding tert-OH is 1. The highest BCUT2D eigenvalue weighted by molar-refractivity contribution is 5.40. The number of aromatic nitrogens is 2. The summed E-state index contributed by atoms with van der Waals surface area (Å²) in [5.41, 5.74) is 0. The zero-order chi connectivity index (χ0) is 13.6. The molecule has 1 aliphatic carbocycles. The van der Waals surface area contributed by atoms with Gasteiger partial charge in [0.2, 0.25) is 5.82 Å². The number of halogens is 3. The monoisotopic (exact) mass is 273 g/mol. The fraction of sp³-hybridized carbons (Fsp3) is 0.667. The normalized spacial score (nSPS) is 30.7. The Labute approximate surface area is 108 Å². The highest BCUT2D eigenvalue weighted by Gasteiger charge is 2.41. The SMILES string of the molecule is OC1C[C@@H]2CN(c3ccnc(C(F)(F)F)n3)C[C@@H]2C1. The molecule has 0 radical (unpaired) electrons. The lowest BCUT2D eigenvalue weighted by atomic mass is 10.0. The highest BCUT2D eigenvalue weighted by Crippen LogP contribution is 2.39. The van der Waals surface area contributed by atoms with E-state index in [-0.39, 0.29) is 6.10 Å². The molecule has 1 aliphatic heterocycles.